The molecule has 5 heterocycles. The third kappa shape index (κ3) is 6.57. The summed E-state index contributed by atoms with van der Waals surface area (Å²) in [7, 11) is 1.31. The first-order chi connectivity index (χ1) is 24.3. The molecular weight excluding hydrogens is 640 g/mol. The topological polar surface area (TPSA) is 173 Å². The van der Waals surface area contributed by atoms with Crippen LogP contribution >= 0.6 is 0 Å². The van der Waals surface area contributed by atoms with E-state index in [0.29, 0.717) is 70.7 Å². The van der Waals surface area contributed by atoms with Crippen molar-refractivity contribution in [1.82, 2.24) is 69.8 Å². The molecule has 0 saturated heterocycles. The molecule has 1 aliphatic rings. The maximum atomic E-state index is 12.7. The van der Waals surface area contributed by atoms with Crippen LogP contribution < -0.4 is 0 Å². The number of hydrogen-bond donors (Lipinski definition) is 0. The molecule has 17 heteroatoms. The smallest absolute Gasteiger partial charge is 0.338 e. The van der Waals surface area contributed by atoms with Gasteiger partial charge in [-0.2, -0.15) is 0 Å². The van der Waals surface area contributed by atoms with E-state index >= 15 is 0 Å². The van der Waals surface area contributed by atoms with Crippen LogP contribution in [0.4, 0.5) is 0 Å². The molecule has 0 N–H and O–H groups in total. The first-order valence-electron chi connectivity index (χ1n) is 15.2. The monoisotopic (exact) mass is 668 g/mol. The summed E-state index contributed by atoms with van der Waals surface area (Å²) in [6, 6.07) is 13.0. The van der Waals surface area contributed by atoms with E-state index in [1.165, 1.54) is 18.7 Å². The highest BCUT2D eigenvalue weighted by atomic mass is 16.5. The van der Waals surface area contributed by atoms with Crippen molar-refractivity contribution in [2.24, 2.45) is 0 Å². The van der Waals surface area contributed by atoms with Crippen LogP contribution in [0.1, 0.15) is 50.4 Å². The predicted molar refractivity (Wildman–Crippen MR) is 175 cm³/mol. The number of Topliss-reactive ketones (excluding diaryl/α,β-unsaturated/α-hetero) is 1. The lowest BCUT2D eigenvalue weighted by Crippen LogP contribution is -2.23. The molecule has 0 atom stereocenters. The molecule has 248 valence electrons. The van der Waals surface area contributed by atoms with Gasteiger partial charge in [-0.1, -0.05) is 33.2 Å². The summed E-state index contributed by atoms with van der Waals surface area (Å²) in [5, 5.41) is 34.6. The molecule has 1 aliphatic heterocycles. The van der Waals surface area contributed by atoms with Crippen molar-refractivity contribution in [3.8, 4) is 47.6 Å². The SMILES string of the molecule is C#CCN1Cc2cn(nn2)-c2cc(C(C)=O)cc(c2)-n2cc(nn2)CN(C#C)Cc2cn(nn2)-c2cc(C(=O)OC)cc(c2)-n2cc(nn2)C1. The van der Waals surface area contributed by atoms with Gasteiger partial charge in [0, 0.05) is 24.7 Å². The minimum atomic E-state index is -0.537. The molecule has 0 unspecified atom stereocenters. The van der Waals surface area contributed by atoms with Crippen LogP contribution in [0, 0.1) is 24.8 Å². The lowest BCUT2D eigenvalue weighted by atomic mass is 10.1. The van der Waals surface area contributed by atoms with Gasteiger partial charge >= 0.3 is 5.97 Å². The van der Waals surface area contributed by atoms with Crippen molar-refractivity contribution in [3.05, 3.63) is 95.1 Å². The Kier molecular flexibility index (Phi) is 8.38. The minimum Gasteiger partial charge on any atom is -0.465 e. The van der Waals surface area contributed by atoms with Gasteiger partial charge in [-0.25, -0.2) is 23.5 Å². The van der Waals surface area contributed by atoms with E-state index in [9.17, 15) is 9.59 Å². The van der Waals surface area contributed by atoms with Gasteiger partial charge < -0.3 is 9.64 Å². The van der Waals surface area contributed by atoms with E-state index in [1.54, 1.807) is 74.1 Å². The van der Waals surface area contributed by atoms with Crippen LogP contribution in [0.15, 0.2) is 61.2 Å². The van der Waals surface area contributed by atoms with Gasteiger partial charge in [0.25, 0.3) is 0 Å². The highest BCUT2D eigenvalue weighted by Gasteiger charge is 2.18. The quantitative estimate of drug-likeness (QED) is 0.151. The highest BCUT2D eigenvalue weighted by molar-refractivity contribution is 5.95. The summed E-state index contributed by atoms with van der Waals surface area (Å²) in [6.07, 6.45) is 18.6. The molecule has 7 rings (SSSR count). The Morgan fingerprint density at radius 3 is 1.42 bits per heavy atom. The van der Waals surface area contributed by atoms with Crippen LogP contribution in [0.3, 0.4) is 0 Å². The Labute approximate surface area is 285 Å². The highest BCUT2D eigenvalue weighted by Crippen LogP contribution is 2.21. The molecule has 0 aliphatic carbocycles. The molecule has 4 aromatic heterocycles. The number of ether oxygens (including phenoxy) is 1. The number of rotatable bonds is 3. The molecule has 50 heavy (non-hydrogen) atoms. The van der Waals surface area contributed by atoms with Crippen LogP contribution in [-0.2, 0) is 30.9 Å². The summed E-state index contributed by atoms with van der Waals surface area (Å²) in [5.41, 5.74) is 5.42. The lowest BCUT2D eigenvalue weighted by Gasteiger charge is -2.16. The van der Waals surface area contributed by atoms with Gasteiger partial charge in [-0.15, -0.1) is 26.8 Å². The van der Waals surface area contributed by atoms with Crippen LogP contribution in [0.2, 0.25) is 0 Å². The fourth-order valence-corrected chi connectivity index (χ4v) is 5.44. The van der Waals surface area contributed by atoms with Crippen molar-refractivity contribution in [1.29, 1.82) is 0 Å². The van der Waals surface area contributed by atoms with Crippen molar-refractivity contribution < 1.29 is 14.3 Å². The number of ketones is 1. The zero-order chi connectivity index (χ0) is 34.8. The van der Waals surface area contributed by atoms with Gasteiger partial charge in [0.15, 0.2) is 5.78 Å². The second-order valence-corrected chi connectivity index (χ2v) is 11.5. The second kappa shape index (κ2) is 13.3. The molecule has 0 radical (unpaired) electrons. The normalized spacial score (nSPS) is 13.2. The number of fused-ring (bicyclic) bond motifs is 16. The van der Waals surface area contributed by atoms with Crippen LogP contribution in [0.5, 0.6) is 0 Å². The van der Waals surface area contributed by atoms with Crippen molar-refractivity contribution in [3.63, 3.8) is 0 Å². The second-order valence-electron chi connectivity index (χ2n) is 11.5. The largest absolute Gasteiger partial charge is 0.465 e. The molecule has 12 bridgehead atoms. The first-order valence-corrected chi connectivity index (χ1v) is 15.2. The van der Waals surface area contributed by atoms with E-state index in [1.807, 2.05) is 11.0 Å². The Balaban J connectivity index is 1.31. The van der Waals surface area contributed by atoms with E-state index in [-0.39, 0.29) is 24.4 Å². The fraction of sp³-hybridized carbons (Fsp3) is 0.212. The molecule has 6 aromatic rings. The lowest BCUT2D eigenvalue weighted by molar-refractivity contribution is 0.0600. The Hall–Kier alpha value is -6.98. The molecule has 0 saturated carbocycles. The van der Waals surface area contributed by atoms with Crippen molar-refractivity contribution in [2.45, 2.75) is 33.1 Å². The third-order valence-corrected chi connectivity index (χ3v) is 7.83. The average Bonchev–Trinajstić information content (AvgIpc) is 3.95. The molecule has 0 fully saturated rings. The van der Waals surface area contributed by atoms with Gasteiger partial charge in [0.1, 0.15) is 11.4 Å². The van der Waals surface area contributed by atoms with Gasteiger partial charge in [-0.3, -0.25) is 9.69 Å². The average molecular weight is 669 g/mol. The van der Waals surface area contributed by atoms with E-state index in [2.05, 4.69) is 53.2 Å². The summed E-state index contributed by atoms with van der Waals surface area (Å²) >= 11 is 0. The third-order valence-electron chi connectivity index (χ3n) is 7.83. The number of aromatic nitrogens is 12. The summed E-state index contributed by atoms with van der Waals surface area (Å²) < 4.78 is 11.3. The number of nitrogens with zero attached hydrogens (tertiary/aromatic N) is 14. The maximum Gasteiger partial charge on any atom is 0.338 e. The number of methoxy groups -OCH3 is 1. The molecule has 2 aromatic carbocycles. The van der Waals surface area contributed by atoms with Crippen molar-refractivity contribution in [2.75, 3.05) is 13.7 Å². The molecule has 17 nitrogen and oxygen atoms in total. The fourth-order valence-electron chi connectivity index (χ4n) is 5.44. The number of terminal acetylenes is 2. The van der Waals surface area contributed by atoms with E-state index < -0.39 is 5.97 Å². The van der Waals surface area contributed by atoms with Crippen molar-refractivity contribution >= 4 is 11.8 Å². The Morgan fingerprint density at radius 1 is 0.660 bits per heavy atom. The zero-order valence-corrected chi connectivity index (χ0v) is 26.9. The number of hydrogen-bond acceptors (Lipinski definition) is 13. The summed E-state index contributed by atoms with van der Waals surface area (Å²) in [4.78, 5) is 28.8. The Bertz CT molecular complexity index is 2320. The molecule has 0 amide bonds. The number of carbonyl (C=O) groups excluding carboxylic acids is 2. The summed E-state index contributed by atoms with van der Waals surface area (Å²) in [6.45, 7) is 2.98. The molecule has 0 spiro atoms. The van der Waals surface area contributed by atoms with E-state index in [4.69, 9.17) is 17.6 Å². The predicted octanol–water partition coefficient (Wildman–Crippen LogP) is 1.54. The van der Waals surface area contributed by atoms with Gasteiger partial charge in [0.05, 0.1) is 91.2 Å². The van der Waals surface area contributed by atoms with Gasteiger partial charge in [-0.05, 0) is 43.3 Å². The van der Waals surface area contributed by atoms with Crippen LogP contribution in [0.25, 0.3) is 22.7 Å². The standard InChI is InChI=1S/C33H28N14O3/c1-5-7-43-16-27-20-45(40-36-27)30-9-23(22(3)48)8-29(12-30)44-18-25(34-38-44)14-42(6-2)15-26-19-46(39-35-26)31-10-24(33(49)50-4)11-32(13-31)47-21-28(17-43)37-41-47/h1-2,8-13,18-21H,7,14-17H2,3-4H3. The minimum absolute atomic E-state index is 0.130. The number of esters is 1. The maximum absolute atomic E-state index is 12.7. The number of carbonyl (C=O) groups is 2. The molecular formula is C33H28N14O3. The Morgan fingerprint density at radius 2 is 1.06 bits per heavy atom. The number of benzene rings is 2. The van der Waals surface area contributed by atoms with Crippen LogP contribution in [-0.4, -0.2) is 95.2 Å². The summed E-state index contributed by atoms with van der Waals surface area (Å²) in [5.74, 6) is 2.02. The first kappa shape index (κ1) is 31.6. The zero-order valence-electron chi connectivity index (χ0n) is 26.9. The van der Waals surface area contributed by atoms with E-state index in [0.717, 1.165) is 0 Å². The van der Waals surface area contributed by atoms with Gasteiger partial charge in [0.2, 0.25) is 0 Å².